The van der Waals surface area contributed by atoms with Gasteiger partial charge >= 0.3 is 0 Å². The zero-order chi connectivity index (χ0) is 24.5. The van der Waals surface area contributed by atoms with Crippen LogP contribution in [-0.2, 0) is 0 Å². The Hall–Kier alpha value is -3.84. The summed E-state index contributed by atoms with van der Waals surface area (Å²) in [6.45, 7) is 6.00. The molecular formula is C29H30N6O. The molecule has 1 saturated carbocycles. The third-order valence-electron chi connectivity index (χ3n) is 7.06. The summed E-state index contributed by atoms with van der Waals surface area (Å²) in [6.07, 6.45) is 8.36. The van der Waals surface area contributed by atoms with Gasteiger partial charge in [-0.15, -0.1) is 0 Å². The molecule has 0 unspecified atom stereocenters. The minimum atomic E-state index is 0.0763. The molecule has 0 bridgehead atoms. The van der Waals surface area contributed by atoms with E-state index in [1.54, 1.807) is 10.9 Å². The van der Waals surface area contributed by atoms with E-state index >= 15 is 0 Å². The van der Waals surface area contributed by atoms with Gasteiger partial charge in [0.15, 0.2) is 11.5 Å². The van der Waals surface area contributed by atoms with Crippen LogP contribution in [0, 0.1) is 6.92 Å². The fraction of sp³-hybridized carbons (Fsp3) is 0.310. The maximum absolute atomic E-state index is 13.8. The van der Waals surface area contributed by atoms with Gasteiger partial charge in [-0.1, -0.05) is 48.6 Å². The number of carbonyl (C=O) groups is 1. The number of hydrogen-bond acceptors (Lipinski definition) is 5. The molecular weight excluding hydrogens is 448 g/mol. The van der Waals surface area contributed by atoms with Gasteiger partial charge in [0.25, 0.3) is 5.91 Å². The highest BCUT2D eigenvalue weighted by Crippen LogP contribution is 2.41. The number of rotatable bonds is 6. The molecule has 1 aliphatic carbocycles. The minimum absolute atomic E-state index is 0.0763. The molecule has 182 valence electrons. The third-order valence-corrected chi connectivity index (χ3v) is 7.06. The second kappa shape index (κ2) is 9.66. The van der Waals surface area contributed by atoms with E-state index in [1.165, 1.54) is 5.56 Å². The number of benzene rings is 1. The number of carbonyl (C=O) groups excluding carboxylic acids is 1. The van der Waals surface area contributed by atoms with Gasteiger partial charge in [0, 0.05) is 50.5 Å². The average Bonchev–Trinajstić information content (AvgIpc) is 3.73. The molecule has 7 heteroatoms. The SMILES string of the molecule is Cc1nn(-c2ccccn2)c2nc(C3CC3)cc(C(=O)N3CCN(C/C=C/c4ccccc4)CC3)c12. The summed E-state index contributed by atoms with van der Waals surface area (Å²) >= 11 is 0. The minimum Gasteiger partial charge on any atom is -0.336 e. The topological polar surface area (TPSA) is 67.2 Å². The van der Waals surface area contributed by atoms with E-state index in [4.69, 9.17) is 10.1 Å². The van der Waals surface area contributed by atoms with Gasteiger partial charge in [0.05, 0.1) is 16.6 Å². The highest BCUT2D eigenvalue weighted by atomic mass is 16.2. The van der Waals surface area contributed by atoms with Crippen molar-refractivity contribution in [3.63, 3.8) is 0 Å². The van der Waals surface area contributed by atoms with Crippen molar-refractivity contribution in [2.24, 2.45) is 0 Å². The van der Waals surface area contributed by atoms with Gasteiger partial charge in [-0.25, -0.2) is 9.97 Å². The molecule has 0 spiro atoms. The Morgan fingerprint density at radius 2 is 1.81 bits per heavy atom. The highest BCUT2D eigenvalue weighted by molar-refractivity contribution is 6.06. The van der Waals surface area contributed by atoms with E-state index in [0.717, 1.165) is 60.5 Å². The third kappa shape index (κ3) is 4.54. The molecule has 6 rings (SSSR count). The molecule has 36 heavy (non-hydrogen) atoms. The second-order valence-corrected chi connectivity index (χ2v) is 9.66. The first-order valence-electron chi connectivity index (χ1n) is 12.7. The average molecular weight is 479 g/mol. The van der Waals surface area contributed by atoms with Gasteiger partial charge in [0.1, 0.15) is 0 Å². The molecule has 1 aliphatic heterocycles. The van der Waals surface area contributed by atoms with Crippen LogP contribution in [0.5, 0.6) is 0 Å². The lowest BCUT2D eigenvalue weighted by atomic mass is 10.1. The van der Waals surface area contributed by atoms with Crippen LogP contribution in [0.25, 0.3) is 22.9 Å². The molecule has 1 saturated heterocycles. The van der Waals surface area contributed by atoms with Crippen molar-refractivity contribution in [1.29, 1.82) is 0 Å². The van der Waals surface area contributed by atoms with Crippen molar-refractivity contribution >= 4 is 23.0 Å². The van der Waals surface area contributed by atoms with Gasteiger partial charge in [-0.3, -0.25) is 9.69 Å². The van der Waals surface area contributed by atoms with Crippen LogP contribution in [0.2, 0.25) is 0 Å². The largest absolute Gasteiger partial charge is 0.336 e. The number of aryl methyl sites for hydroxylation is 1. The zero-order valence-corrected chi connectivity index (χ0v) is 20.5. The van der Waals surface area contributed by atoms with E-state index in [-0.39, 0.29) is 5.91 Å². The molecule has 1 amide bonds. The van der Waals surface area contributed by atoms with Crippen molar-refractivity contribution in [3.05, 3.63) is 89.4 Å². The monoisotopic (exact) mass is 478 g/mol. The van der Waals surface area contributed by atoms with Gasteiger partial charge in [0.2, 0.25) is 0 Å². The predicted octanol–water partition coefficient (Wildman–Crippen LogP) is 4.47. The normalized spacial score (nSPS) is 16.8. The Morgan fingerprint density at radius 1 is 1.03 bits per heavy atom. The molecule has 4 heterocycles. The van der Waals surface area contributed by atoms with Crippen molar-refractivity contribution in [3.8, 4) is 5.82 Å². The summed E-state index contributed by atoms with van der Waals surface area (Å²) in [6, 6.07) is 18.1. The van der Waals surface area contributed by atoms with E-state index in [2.05, 4.69) is 46.3 Å². The number of aromatic nitrogens is 4. The van der Waals surface area contributed by atoms with E-state index in [0.29, 0.717) is 24.8 Å². The summed E-state index contributed by atoms with van der Waals surface area (Å²) in [5.41, 5.74) is 4.45. The molecule has 0 radical (unpaired) electrons. The number of piperazine rings is 1. The standard InChI is InChI=1S/C29H30N6O/c1-21-27-24(20-25(23-12-13-23)31-28(27)35(32-21)26-11-5-6-14-30-26)29(36)34-18-16-33(17-19-34)15-7-10-22-8-3-2-4-9-22/h2-11,14,20,23H,12-13,15-19H2,1H3/b10-7+. The molecule has 4 aromatic rings. The number of hydrogen-bond donors (Lipinski definition) is 0. The van der Waals surface area contributed by atoms with Gasteiger partial charge < -0.3 is 4.90 Å². The molecule has 1 aromatic carbocycles. The summed E-state index contributed by atoms with van der Waals surface area (Å²) in [5, 5.41) is 5.58. The van der Waals surface area contributed by atoms with E-state index in [9.17, 15) is 4.79 Å². The Bertz CT molecular complexity index is 1400. The fourth-order valence-corrected chi connectivity index (χ4v) is 4.91. The molecule has 2 aliphatic rings. The van der Waals surface area contributed by atoms with Crippen molar-refractivity contribution in [1.82, 2.24) is 29.5 Å². The number of pyridine rings is 2. The number of nitrogens with zero attached hydrogens (tertiary/aromatic N) is 6. The summed E-state index contributed by atoms with van der Waals surface area (Å²) in [7, 11) is 0. The lowest BCUT2D eigenvalue weighted by molar-refractivity contribution is 0.0652. The van der Waals surface area contributed by atoms with Crippen LogP contribution in [0.1, 0.15) is 46.1 Å². The maximum Gasteiger partial charge on any atom is 0.254 e. The maximum atomic E-state index is 13.8. The Morgan fingerprint density at radius 3 is 2.53 bits per heavy atom. The summed E-state index contributed by atoms with van der Waals surface area (Å²) < 4.78 is 1.78. The van der Waals surface area contributed by atoms with Crippen molar-refractivity contribution in [2.75, 3.05) is 32.7 Å². The first-order chi connectivity index (χ1) is 17.7. The second-order valence-electron chi connectivity index (χ2n) is 9.66. The lowest BCUT2D eigenvalue weighted by Crippen LogP contribution is -2.48. The fourth-order valence-electron chi connectivity index (χ4n) is 4.91. The molecule has 7 nitrogen and oxygen atoms in total. The molecule has 2 fully saturated rings. The van der Waals surface area contributed by atoms with Crippen LogP contribution >= 0.6 is 0 Å². The quantitative estimate of drug-likeness (QED) is 0.409. The van der Waals surface area contributed by atoms with Gasteiger partial charge in [-0.2, -0.15) is 9.78 Å². The van der Waals surface area contributed by atoms with Crippen molar-refractivity contribution < 1.29 is 4.79 Å². The van der Waals surface area contributed by atoms with Crippen LogP contribution < -0.4 is 0 Å². The van der Waals surface area contributed by atoms with Crippen LogP contribution in [-0.4, -0.2) is 68.2 Å². The lowest BCUT2D eigenvalue weighted by Gasteiger charge is -2.34. The van der Waals surface area contributed by atoms with Crippen LogP contribution in [0.15, 0.2) is 66.9 Å². The summed E-state index contributed by atoms with van der Waals surface area (Å²) in [4.78, 5) is 27.6. The van der Waals surface area contributed by atoms with Crippen molar-refractivity contribution in [2.45, 2.75) is 25.7 Å². The Balaban J connectivity index is 1.23. The first-order valence-corrected chi connectivity index (χ1v) is 12.7. The van der Waals surface area contributed by atoms with Gasteiger partial charge in [-0.05, 0) is 43.5 Å². The highest BCUT2D eigenvalue weighted by Gasteiger charge is 2.31. The Labute approximate surface area is 211 Å². The van der Waals surface area contributed by atoms with Crippen LogP contribution in [0.3, 0.4) is 0 Å². The zero-order valence-electron chi connectivity index (χ0n) is 20.5. The Kier molecular flexibility index (Phi) is 6.07. The number of fused-ring (bicyclic) bond motifs is 1. The van der Waals surface area contributed by atoms with E-state index in [1.807, 2.05) is 42.2 Å². The molecule has 0 atom stereocenters. The van der Waals surface area contributed by atoms with Crippen LogP contribution in [0.4, 0.5) is 0 Å². The van der Waals surface area contributed by atoms with E-state index < -0.39 is 0 Å². The first kappa shape index (κ1) is 22.6. The molecule has 0 N–H and O–H groups in total. The smallest absolute Gasteiger partial charge is 0.254 e. The molecule has 3 aromatic heterocycles. The summed E-state index contributed by atoms with van der Waals surface area (Å²) in [5.74, 6) is 1.22. The number of amides is 1. The predicted molar refractivity (Wildman–Crippen MR) is 141 cm³/mol.